The van der Waals surface area contributed by atoms with Gasteiger partial charge in [-0.15, -0.1) is 0 Å². The summed E-state index contributed by atoms with van der Waals surface area (Å²) in [5.41, 5.74) is 0.156. The van der Waals surface area contributed by atoms with Crippen molar-refractivity contribution >= 4 is 12.2 Å². The van der Waals surface area contributed by atoms with Gasteiger partial charge >= 0.3 is 12.2 Å². The standard InChI is InChI=1S/C18H26N2O5/c1-18(2,3)25-17(23)20-12-15(21)10-7-11-19(20)16(22)24-13-14-8-5-4-6-9-14/h4-6,8-9,15,21H,7,10-13H2,1-3H3. The fraction of sp³-hybridized carbons (Fsp3) is 0.556. The van der Waals surface area contributed by atoms with Crippen LogP contribution >= 0.6 is 0 Å². The van der Waals surface area contributed by atoms with Crippen LogP contribution in [0, 0.1) is 0 Å². The minimum absolute atomic E-state index is 0.00461. The van der Waals surface area contributed by atoms with Crippen LogP contribution in [-0.2, 0) is 16.1 Å². The molecule has 1 N–H and O–H groups in total. The smallest absolute Gasteiger partial charge is 0.429 e. The van der Waals surface area contributed by atoms with Crippen molar-refractivity contribution in [1.82, 2.24) is 10.0 Å². The van der Waals surface area contributed by atoms with Gasteiger partial charge in [0, 0.05) is 6.54 Å². The number of benzene rings is 1. The van der Waals surface area contributed by atoms with E-state index in [9.17, 15) is 14.7 Å². The van der Waals surface area contributed by atoms with Crippen LogP contribution in [-0.4, -0.2) is 52.1 Å². The van der Waals surface area contributed by atoms with Crippen LogP contribution in [0.3, 0.4) is 0 Å². The summed E-state index contributed by atoms with van der Waals surface area (Å²) in [6, 6.07) is 9.30. The van der Waals surface area contributed by atoms with Crippen LogP contribution in [0.15, 0.2) is 30.3 Å². The topological polar surface area (TPSA) is 79.3 Å². The molecule has 1 unspecified atom stereocenters. The van der Waals surface area contributed by atoms with Crippen molar-refractivity contribution in [2.45, 2.75) is 51.9 Å². The lowest BCUT2D eigenvalue weighted by Gasteiger charge is -2.34. The van der Waals surface area contributed by atoms with Gasteiger partial charge in [0.15, 0.2) is 0 Å². The van der Waals surface area contributed by atoms with Gasteiger partial charge < -0.3 is 14.6 Å². The third kappa shape index (κ3) is 5.94. The molecule has 1 heterocycles. The van der Waals surface area contributed by atoms with Gasteiger partial charge in [-0.2, -0.15) is 0 Å². The average molecular weight is 350 g/mol. The van der Waals surface area contributed by atoms with E-state index in [-0.39, 0.29) is 19.7 Å². The molecule has 138 valence electrons. The van der Waals surface area contributed by atoms with Gasteiger partial charge in [0.25, 0.3) is 0 Å². The van der Waals surface area contributed by atoms with Gasteiger partial charge in [0.05, 0.1) is 12.6 Å². The third-order valence-corrected chi connectivity index (χ3v) is 3.60. The van der Waals surface area contributed by atoms with Crippen LogP contribution < -0.4 is 0 Å². The van der Waals surface area contributed by atoms with Crippen LogP contribution in [0.25, 0.3) is 0 Å². The third-order valence-electron chi connectivity index (χ3n) is 3.60. The first-order chi connectivity index (χ1) is 11.8. The van der Waals surface area contributed by atoms with Gasteiger partial charge in [0.1, 0.15) is 12.2 Å². The number of β-amino-alcohol motifs (C(OH)–C–C–N with tert-alkyl or cyclic N) is 1. The quantitative estimate of drug-likeness (QED) is 0.887. The molecular weight excluding hydrogens is 324 g/mol. The zero-order chi connectivity index (χ0) is 18.4. The predicted octanol–water partition coefficient (Wildman–Crippen LogP) is 2.93. The molecule has 1 saturated heterocycles. The molecule has 1 atom stereocenters. The highest BCUT2D eigenvalue weighted by atomic mass is 16.6. The van der Waals surface area contributed by atoms with Gasteiger partial charge in [-0.25, -0.2) is 19.6 Å². The second-order valence-electron chi connectivity index (χ2n) is 7.02. The van der Waals surface area contributed by atoms with Gasteiger partial charge in [0.2, 0.25) is 0 Å². The van der Waals surface area contributed by atoms with Crippen molar-refractivity contribution in [2.24, 2.45) is 0 Å². The van der Waals surface area contributed by atoms with E-state index in [2.05, 4.69) is 0 Å². The number of carbonyl (C=O) groups excluding carboxylic acids is 2. The maximum absolute atomic E-state index is 12.5. The summed E-state index contributed by atoms with van der Waals surface area (Å²) in [5.74, 6) is 0. The summed E-state index contributed by atoms with van der Waals surface area (Å²) >= 11 is 0. The van der Waals surface area contributed by atoms with Crippen molar-refractivity contribution in [3.63, 3.8) is 0 Å². The Kier molecular flexibility index (Phi) is 6.25. The Labute approximate surface area is 148 Å². The predicted molar refractivity (Wildman–Crippen MR) is 91.5 cm³/mol. The molecule has 0 radical (unpaired) electrons. The zero-order valence-corrected chi connectivity index (χ0v) is 15.0. The molecule has 0 saturated carbocycles. The summed E-state index contributed by atoms with van der Waals surface area (Å²) in [4.78, 5) is 24.9. The second-order valence-corrected chi connectivity index (χ2v) is 7.02. The molecule has 1 aliphatic heterocycles. The highest BCUT2D eigenvalue weighted by molar-refractivity contribution is 5.74. The molecule has 1 aromatic rings. The first-order valence-electron chi connectivity index (χ1n) is 8.43. The van der Waals surface area contributed by atoms with E-state index in [1.807, 2.05) is 30.3 Å². The van der Waals surface area contributed by atoms with Crippen molar-refractivity contribution in [1.29, 1.82) is 0 Å². The number of aliphatic hydroxyl groups is 1. The fourth-order valence-corrected chi connectivity index (χ4v) is 2.46. The number of aliphatic hydroxyl groups excluding tert-OH is 1. The number of hydrogen-bond acceptors (Lipinski definition) is 5. The average Bonchev–Trinajstić information content (AvgIpc) is 2.74. The fourth-order valence-electron chi connectivity index (χ4n) is 2.46. The number of ether oxygens (including phenoxy) is 2. The van der Waals surface area contributed by atoms with E-state index in [4.69, 9.17) is 9.47 Å². The lowest BCUT2D eigenvalue weighted by molar-refractivity contribution is -0.0534. The Balaban J connectivity index is 2.07. The van der Waals surface area contributed by atoms with Gasteiger partial charge in [-0.1, -0.05) is 30.3 Å². The highest BCUT2D eigenvalue weighted by Crippen LogP contribution is 2.18. The summed E-state index contributed by atoms with van der Waals surface area (Å²) in [6.07, 6.45) is -0.948. The van der Waals surface area contributed by atoms with Crippen molar-refractivity contribution < 1.29 is 24.2 Å². The normalized spacial score (nSPS) is 18.5. The minimum atomic E-state index is -0.709. The monoisotopic (exact) mass is 350 g/mol. The molecule has 0 aliphatic carbocycles. The first kappa shape index (κ1) is 19.1. The molecule has 1 aromatic carbocycles. The summed E-state index contributed by atoms with van der Waals surface area (Å²) < 4.78 is 10.7. The van der Waals surface area contributed by atoms with E-state index < -0.39 is 23.9 Å². The summed E-state index contributed by atoms with van der Waals surface area (Å²) in [6.45, 7) is 5.63. The van der Waals surface area contributed by atoms with Gasteiger partial charge in [-0.05, 0) is 39.2 Å². The number of nitrogens with zero attached hydrogens (tertiary/aromatic N) is 2. The molecule has 0 bridgehead atoms. The van der Waals surface area contributed by atoms with Gasteiger partial charge in [-0.3, -0.25) is 0 Å². The van der Waals surface area contributed by atoms with Crippen molar-refractivity contribution in [3.05, 3.63) is 35.9 Å². The molecule has 25 heavy (non-hydrogen) atoms. The highest BCUT2D eigenvalue weighted by Gasteiger charge is 2.34. The Hall–Kier alpha value is -2.28. The molecule has 1 aliphatic rings. The van der Waals surface area contributed by atoms with Crippen molar-refractivity contribution in [3.8, 4) is 0 Å². The SMILES string of the molecule is CC(C)(C)OC(=O)N1CC(O)CCCN1C(=O)OCc1ccccc1. The molecule has 2 amide bonds. The Morgan fingerprint density at radius 3 is 2.48 bits per heavy atom. The molecular formula is C18H26N2O5. The zero-order valence-electron chi connectivity index (χ0n) is 15.0. The molecule has 0 aromatic heterocycles. The van der Waals surface area contributed by atoms with E-state index in [0.29, 0.717) is 12.8 Å². The van der Waals surface area contributed by atoms with Crippen LogP contribution in [0.5, 0.6) is 0 Å². The van der Waals surface area contributed by atoms with Crippen molar-refractivity contribution in [2.75, 3.05) is 13.1 Å². The Bertz CT molecular complexity index is 585. The maximum atomic E-state index is 12.5. The molecule has 1 fully saturated rings. The Morgan fingerprint density at radius 1 is 1.16 bits per heavy atom. The van der Waals surface area contributed by atoms with Crippen LogP contribution in [0.4, 0.5) is 9.59 Å². The van der Waals surface area contributed by atoms with E-state index in [0.717, 1.165) is 10.6 Å². The number of hydrazine groups is 1. The summed E-state index contributed by atoms with van der Waals surface area (Å²) in [7, 11) is 0. The second kappa shape index (κ2) is 8.20. The lowest BCUT2D eigenvalue weighted by atomic mass is 10.2. The number of carbonyl (C=O) groups is 2. The lowest BCUT2D eigenvalue weighted by Crippen LogP contribution is -2.52. The van der Waals surface area contributed by atoms with E-state index in [1.54, 1.807) is 20.8 Å². The van der Waals surface area contributed by atoms with E-state index in [1.165, 1.54) is 5.01 Å². The van der Waals surface area contributed by atoms with E-state index >= 15 is 0 Å². The number of amides is 2. The number of rotatable bonds is 2. The molecule has 7 nitrogen and oxygen atoms in total. The number of hydrogen-bond donors (Lipinski definition) is 1. The largest absolute Gasteiger partial charge is 0.443 e. The minimum Gasteiger partial charge on any atom is -0.443 e. The maximum Gasteiger partial charge on any atom is 0.429 e. The van der Waals surface area contributed by atoms with Crippen LogP contribution in [0.1, 0.15) is 39.2 Å². The molecule has 2 rings (SSSR count). The first-order valence-corrected chi connectivity index (χ1v) is 8.43. The van der Waals surface area contributed by atoms with Crippen LogP contribution in [0.2, 0.25) is 0 Å². The summed E-state index contributed by atoms with van der Waals surface area (Å²) in [5, 5.41) is 12.3. The molecule has 0 spiro atoms. The molecule has 7 heteroatoms. The Morgan fingerprint density at radius 2 is 1.84 bits per heavy atom.